The molecule has 4 nitrogen and oxygen atoms in total. The molecule has 2 fully saturated rings. The number of fused-ring (bicyclic) bond motifs is 1. The molecule has 1 saturated heterocycles. The fourth-order valence-corrected chi connectivity index (χ4v) is 3.13. The number of carbonyl (C=O) groups excluding carboxylic acids is 1. The third-order valence-corrected chi connectivity index (χ3v) is 3.65. The maximum atomic E-state index is 11.7. The molecule has 1 unspecified atom stereocenters. The normalized spacial score (nSPS) is 33.5. The van der Waals surface area contributed by atoms with Gasteiger partial charge in [0.05, 0.1) is 0 Å². The Morgan fingerprint density at radius 1 is 1.24 bits per heavy atom. The number of likely N-dealkylation sites (tertiary alicyclic amines) is 1. The predicted octanol–water partition coefficient (Wildman–Crippen LogP) is 1.85. The van der Waals surface area contributed by atoms with Crippen molar-refractivity contribution < 1.29 is 9.53 Å². The molecule has 0 aromatic heterocycles. The van der Waals surface area contributed by atoms with Gasteiger partial charge in [0.15, 0.2) is 0 Å². The first-order valence-electron chi connectivity index (χ1n) is 6.51. The lowest BCUT2D eigenvalue weighted by atomic mass is 10.0. The van der Waals surface area contributed by atoms with Gasteiger partial charge in [-0.25, -0.2) is 4.79 Å². The Morgan fingerprint density at radius 2 is 1.76 bits per heavy atom. The number of alkyl carbamates (subject to hydrolysis) is 1. The van der Waals surface area contributed by atoms with Gasteiger partial charge in [-0.3, -0.25) is 0 Å². The number of hydrogen-bond donors (Lipinski definition) is 1. The van der Waals surface area contributed by atoms with E-state index < -0.39 is 5.60 Å². The van der Waals surface area contributed by atoms with E-state index in [1.807, 2.05) is 20.8 Å². The van der Waals surface area contributed by atoms with E-state index in [1.165, 1.54) is 13.1 Å². The number of hydrogen-bond acceptors (Lipinski definition) is 3. The summed E-state index contributed by atoms with van der Waals surface area (Å²) in [7, 11) is 2.18. The van der Waals surface area contributed by atoms with Gasteiger partial charge in [-0.1, -0.05) is 0 Å². The van der Waals surface area contributed by atoms with Crippen LogP contribution < -0.4 is 5.32 Å². The molecular weight excluding hydrogens is 216 g/mol. The predicted molar refractivity (Wildman–Crippen MR) is 66.9 cm³/mol. The number of carbonyl (C=O) groups is 1. The SMILES string of the molecule is CN1C[C@H]2CC(NC(=O)OC(C)(C)C)C[C@H]2C1. The second-order valence-corrected chi connectivity index (χ2v) is 6.56. The highest BCUT2D eigenvalue weighted by Gasteiger charge is 2.40. The molecule has 0 radical (unpaired) electrons. The average Bonchev–Trinajstić information content (AvgIpc) is 2.56. The van der Waals surface area contributed by atoms with E-state index in [-0.39, 0.29) is 6.09 Å². The number of amides is 1. The summed E-state index contributed by atoms with van der Waals surface area (Å²) in [5.41, 5.74) is -0.404. The monoisotopic (exact) mass is 240 g/mol. The van der Waals surface area contributed by atoms with Crippen molar-refractivity contribution in [3.63, 3.8) is 0 Å². The van der Waals surface area contributed by atoms with Crippen molar-refractivity contribution >= 4 is 6.09 Å². The summed E-state index contributed by atoms with van der Waals surface area (Å²) in [6.07, 6.45) is 1.94. The van der Waals surface area contributed by atoms with Crippen molar-refractivity contribution in [3.8, 4) is 0 Å². The van der Waals surface area contributed by atoms with E-state index in [1.54, 1.807) is 0 Å². The molecule has 1 amide bonds. The molecule has 1 N–H and O–H groups in total. The minimum Gasteiger partial charge on any atom is -0.444 e. The van der Waals surface area contributed by atoms with Crippen LogP contribution in [0.4, 0.5) is 4.79 Å². The van der Waals surface area contributed by atoms with Crippen molar-refractivity contribution in [2.45, 2.75) is 45.3 Å². The van der Waals surface area contributed by atoms with Crippen LogP contribution in [-0.4, -0.2) is 42.8 Å². The van der Waals surface area contributed by atoms with Crippen LogP contribution in [-0.2, 0) is 4.74 Å². The summed E-state index contributed by atoms with van der Waals surface area (Å²) in [6.45, 7) is 8.04. The van der Waals surface area contributed by atoms with Crippen LogP contribution in [0.3, 0.4) is 0 Å². The largest absolute Gasteiger partial charge is 0.444 e. The fourth-order valence-electron chi connectivity index (χ4n) is 3.13. The highest BCUT2D eigenvalue weighted by Crippen LogP contribution is 2.37. The summed E-state index contributed by atoms with van der Waals surface area (Å²) in [5, 5.41) is 3.00. The quantitative estimate of drug-likeness (QED) is 0.760. The molecule has 1 saturated carbocycles. The molecule has 1 aliphatic heterocycles. The zero-order valence-corrected chi connectivity index (χ0v) is 11.3. The van der Waals surface area contributed by atoms with Gasteiger partial charge < -0.3 is 15.0 Å². The Labute approximate surface area is 104 Å². The highest BCUT2D eigenvalue weighted by molar-refractivity contribution is 5.68. The van der Waals surface area contributed by atoms with E-state index in [0.717, 1.165) is 24.7 Å². The van der Waals surface area contributed by atoms with Crippen LogP contribution in [0.15, 0.2) is 0 Å². The summed E-state index contributed by atoms with van der Waals surface area (Å²) in [5.74, 6) is 1.53. The zero-order valence-electron chi connectivity index (χ0n) is 11.3. The molecular formula is C13H24N2O2. The van der Waals surface area contributed by atoms with Crippen molar-refractivity contribution in [1.82, 2.24) is 10.2 Å². The lowest BCUT2D eigenvalue weighted by Gasteiger charge is -2.22. The molecule has 1 heterocycles. The van der Waals surface area contributed by atoms with Crippen molar-refractivity contribution in [2.24, 2.45) is 11.8 Å². The van der Waals surface area contributed by atoms with E-state index in [4.69, 9.17) is 4.74 Å². The summed E-state index contributed by atoms with van der Waals surface area (Å²) in [6, 6.07) is 0.313. The lowest BCUT2D eigenvalue weighted by Crippen LogP contribution is -2.38. The Morgan fingerprint density at radius 3 is 2.24 bits per heavy atom. The zero-order chi connectivity index (χ0) is 12.6. The molecule has 4 heteroatoms. The van der Waals surface area contributed by atoms with Crippen LogP contribution in [0.2, 0.25) is 0 Å². The molecule has 0 aromatic carbocycles. The summed E-state index contributed by atoms with van der Waals surface area (Å²) >= 11 is 0. The third-order valence-electron chi connectivity index (χ3n) is 3.65. The molecule has 2 aliphatic rings. The van der Waals surface area contributed by atoms with Crippen LogP contribution in [0.5, 0.6) is 0 Å². The molecule has 3 atom stereocenters. The average molecular weight is 240 g/mol. The maximum Gasteiger partial charge on any atom is 0.407 e. The molecule has 0 spiro atoms. The van der Waals surface area contributed by atoms with E-state index in [0.29, 0.717) is 6.04 Å². The molecule has 1 aliphatic carbocycles. The molecule has 17 heavy (non-hydrogen) atoms. The minimum absolute atomic E-state index is 0.268. The second kappa shape index (κ2) is 4.48. The van der Waals surface area contributed by atoms with E-state index in [9.17, 15) is 4.79 Å². The van der Waals surface area contributed by atoms with Gasteiger partial charge in [0, 0.05) is 19.1 Å². The van der Waals surface area contributed by atoms with Gasteiger partial charge in [-0.05, 0) is 52.5 Å². The first-order valence-corrected chi connectivity index (χ1v) is 6.51. The first-order chi connectivity index (χ1) is 7.83. The molecule has 98 valence electrons. The molecule has 2 rings (SSSR count). The van der Waals surface area contributed by atoms with Crippen LogP contribution in [0.1, 0.15) is 33.6 Å². The number of nitrogens with one attached hydrogen (secondary N) is 1. The van der Waals surface area contributed by atoms with E-state index in [2.05, 4.69) is 17.3 Å². The Balaban J connectivity index is 1.77. The van der Waals surface area contributed by atoms with Gasteiger partial charge in [-0.15, -0.1) is 0 Å². The minimum atomic E-state index is -0.404. The Bertz CT molecular complexity index is 284. The number of rotatable bonds is 1. The molecule has 0 aromatic rings. The second-order valence-electron chi connectivity index (χ2n) is 6.56. The summed E-state index contributed by atoms with van der Waals surface area (Å²) in [4.78, 5) is 14.0. The number of nitrogens with zero attached hydrogens (tertiary/aromatic N) is 1. The fraction of sp³-hybridized carbons (Fsp3) is 0.923. The summed E-state index contributed by atoms with van der Waals surface area (Å²) < 4.78 is 5.28. The van der Waals surface area contributed by atoms with E-state index >= 15 is 0 Å². The Kier molecular flexibility index (Phi) is 3.34. The van der Waals surface area contributed by atoms with Gasteiger partial charge in [0.2, 0.25) is 0 Å². The smallest absolute Gasteiger partial charge is 0.407 e. The maximum absolute atomic E-state index is 11.7. The first kappa shape index (κ1) is 12.7. The van der Waals surface area contributed by atoms with Crippen molar-refractivity contribution in [2.75, 3.05) is 20.1 Å². The molecule has 0 bridgehead atoms. The standard InChI is InChI=1S/C13H24N2O2/c1-13(2,3)17-12(16)14-11-5-9-7-15(4)8-10(9)6-11/h9-11H,5-8H2,1-4H3,(H,14,16)/t9-,10+,11?. The topological polar surface area (TPSA) is 41.6 Å². The van der Waals surface area contributed by atoms with Gasteiger partial charge in [0.1, 0.15) is 5.60 Å². The van der Waals surface area contributed by atoms with Crippen LogP contribution in [0.25, 0.3) is 0 Å². The number of ether oxygens (including phenoxy) is 1. The van der Waals surface area contributed by atoms with Crippen molar-refractivity contribution in [1.29, 1.82) is 0 Å². The van der Waals surface area contributed by atoms with Crippen molar-refractivity contribution in [3.05, 3.63) is 0 Å². The third kappa shape index (κ3) is 3.35. The van der Waals surface area contributed by atoms with Gasteiger partial charge >= 0.3 is 6.09 Å². The highest BCUT2D eigenvalue weighted by atomic mass is 16.6. The Hall–Kier alpha value is -0.770. The van der Waals surface area contributed by atoms with Crippen LogP contribution in [0, 0.1) is 11.8 Å². The lowest BCUT2D eigenvalue weighted by molar-refractivity contribution is 0.0503. The van der Waals surface area contributed by atoms with Crippen LogP contribution >= 0.6 is 0 Å². The van der Waals surface area contributed by atoms with Gasteiger partial charge in [-0.2, -0.15) is 0 Å². The van der Waals surface area contributed by atoms with Gasteiger partial charge in [0.25, 0.3) is 0 Å².